The van der Waals surface area contributed by atoms with E-state index in [0.29, 0.717) is 5.56 Å². The number of nitrogens with one attached hydrogen (secondary N) is 1. The van der Waals surface area contributed by atoms with Crippen LogP contribution in [0.4, 0.5) is 4.79 Å². The first kappa shape index (κ1) is 14.7. The number of carboxylic acid groups (broad SMARTS) is 1. The Labute approximate surface area is 111 Å². The van der Waals surface area contributed by atoms with Gasteiger partial charge in [0.2, 0.25) is 5.91 Å². The maximum absolute atomic E-state index is 11.5. The summed E-state index contributed by atoms with van der Waals surface area (Å²) in [6, 6.07) is 6.44. The van der Waals surface area contributed by atoms with E-state index in [1.807, 2.05) is 0 Å². The number of amides is 3. The van der Waals surface area contributed by atoms with Crippen LogP contribution < -0.4 is 5.32 Å². The summed E-state index contributed by atoms with van der Waals surface area (Å²) in [6.07, 6.45) is -0.0604. The zero-order valence-corrected chi connectivity index (χ0v) is 10.8. The first-order valence-electron chi connectivity index (χ1n) is 5.72. The van der Waals surface area contributed by atoms with Crippen molar-refractivity contribution >= 4 is 17.9 Å². The van der Waals surface area contributed by atoms with Crippen LogP contribution in [0.1, 0.15) is 18.1 Å². The fourth-order valence-corrected chi connectivity index (χ4v) is 1.46. The Kier molecular flexibility index (Phi) is 5.05. The van der Waals surface area contributed by atoms with E-state index in [9.17, 15) is 14.4 Å². The summed E-state index contributed by atoms with van der Waals surface area (Å²) >= 11 is 0. The summed E-state index contributed by atoms with van der Waals surface area (Å²) in [6.45, 7) is 1.54. The SMILES string of the molecule is CC(=O)N(C)C(=O)NCc1cccc(CC(=O)O)c1. The van der Waals surface area contributed by atoms with Gasteiger partial charge in [0.25, 0.3) is 0 Å². The molecule has 0 saturated carbocycles. The minimum Gasteiger partial charge on any atom is -0.481 e. The van der Waals surface area contributed by atoms with E-state index in [-0.39, 0.29) is 18.9 Å². The zero-order valence-electron chi connectivity index (χ0n) is 10.8. The zero-order chi connectivity index (χ0) is 14.4. The maximum atomic E-state index is 11.5. The number of carboxylic acids is 1. The van der Waals surface area contributed by atoms with Crippen molar-refractivity contribution < 1.29 is 19.5 Å². The Morgan fingerprint density at radius 3 is 2.47 bits per heavy atom. The number of benzene rings is 1. The van der Waals surface area contributed by atoms with Gasteiger partial charge in [-0.1, -0.05) is 24.3 Å². The molecule has 0 atom stereocenters. The highest BCUT2D eigenvalue weighted by atomic mass is 16.4. The van der Waals surface area contributed by atoms with Gasteiger partial charge in [-0.3, -0.25) is 14.5 Å². The summed E-state index contributed by atoms with van der Waals surface area (Å²) in [5.74, 6) is -1.25. The van der Waals surface area contributed by atoms with Gasteiger partial charge in [0.1, 0.15) is 0 Å². The largest absolute Gasteiger partial charge is 0.481 e. The molecule has 0 radical (unpaired) electrons. The lowest BCUT2D eigenvalue weighted by molar-refractivity contribution is -0.136. The number of urea groups is 1. The van der Waals surface area contributed by atoms with E-state index < -0.39 is 12.0 Å². The Hall–Kier alpha value is -2.37. The molecule has 1 rings (SSSR count). The van der Waals surface area contributed by atoms with Crippen LogP contribution in [-0.2, 0) is 22.6 Å². The van der Waals surface area contributed by atoms with Crippen LogP contribution in [0.15, 0.2) is 24.3 Å². The van der Waals surface area contributed by atoms with Crippen LogP contribution in [0, 0.1) is 0 Å². The molecule has 19 heavy (non-hydrogen) atoms. The van der Waals surface area contributed by atoms with Gasteiger partial charge in [-0.2, -0.15) is 0 Å². The van der Waals surface area contributed by atoms with Crippen molar-refractivity contribution in [3.05, 3.63) is 35.4 Å². The van der Waals surface area contributed by atoms with E-state index >= 15 is 0 Å². The van der Waals surface area contributed by atoms with E-state index in [1.165, 1.54) is 14.0 Å². The smallest absolute Gasteiger partial charge is 0.324 e. The van der Waals surface area contributed by atoms with Gasteiger partial charge in [-0.05, 0) is 11.1 Å². The van der Waals surface area contributed by atoms with Crippen molar-refractivity contribution in [1.29, 1.82) is 0 Å². The first-order chi connectivity index (χ1) is 8.90. The van der Waals surface area contributed by atoms with Gasteiger partial charge < -0.3 is 10.4 Å². The highest BCUT2D eigenvalue weighted by molar-refractivity contribution is 5.92. The van der Waals surface area contributed by atoms with Crippen molar-refractivity contribution in [1.82, 2.24) is 10.2 Å². The number of carbonyl (C=O) groups is 3. The van der Waals surface area contributed by atoms with E-state index in [0.717, 1.165) is 10.5 Å². The second kappa shape index (κ2) is 6.53. The fraction of sp³-hybridized carbons (Fsp3) is 0.308. The van der Waals surface area contributed by atoms with Crippen LogP contribution in [-0.4, -0.2) is 35.0 Å². The monoisotopic (exact) mass is 264 g/mol. The number of carbonyl (C=O) groups excluding carboxylic acids is 2. The number of hydrogen-bond acceptors (Lipinski definition) is 3. The summed E-state index contributed by atoms with van der Waals surface area (Å²) in [5.41, 5.74) is 1.45. The Morgan fingerprint density at radius 1 is 1.26 bits per heavy atom. The molecule has 102 valence electrons. The van der Waals surface area contributed by atoms with Crippen LogP contribution in [0.2, 0.25) is 0 Å². The topological polar surface area (TPSA) is 86.7 Å². The molecule has 0 fully saturated rings. The van der Waals surface area contributed by atoms with Crippen molar-refractivity contribution in [2.24, 2.45) is 0 Å². The number of imide groups is 1. The lowest BCUT2D eigenvalue weighted by atomic mass is 10.1. The van der Waals surface area contributed by atoms with Crippen molar-refractivity contribution in [2.45, 2.75) is 19.9 Å². The molecule has 0 heterocycles. The normalized spacial score (nSPS) is 9.79. The van der Waals surface area contributed by atoms with E-state index in [4.69, 9.17) is 5.11 Å². The molecule has 6 nitrogen and oxygen atoms in total. The lowest BCUT2D eigenvalue weighted by Crippen LogP contribution is -2.39. The molecular formula is C13H16N2O4. The molecule has 0 aromatic heterocycles. The molecule has 0 aliphatic carbocycles. The third kappa shape index (κ3) is 4.79. The van der Waals surface area contributed by atoms with Crippen LogP contribution in [0.5, 0.6) is 0 Å². The van der Waals surface area contributed by atoms with Crippen molar-refractivity contribution in [3.63, 3.8) is 0 Å². The maximum Gasteiger partial charge on any atom is 0.324 e. The predicted octanol–water partition coefficient (Wildman–Crippen LogP) is 1.00. The van der Waals surface area contributed by atoms with E-state index in [2.05, 4.69) is 5.32 Å². The number of hydrogen-bond donors (Lipinski definition) is 2. The third-order valence-corrected chi connectivity index (χ3v) is 2.57. The predicted molar refractivity (Wildman–Crippen MR) is 68.5 cm³/mol. The quantitative estimate of drug-likeness (QED) is 0.849. The van der Waals surface area contributed by atoms with Gasteiger partial charge in [0.15, 0.2) is 0 Å². The van der Waals surface area contributed by atoms with Crippen LogP contribution >= 0.6 is 0 Å². The van der Waals surface area contributed by atoms with Gasteiger partial charge in [-0.15, -0.1) is 0 Å². The van der Waals surface area contributed by atoms with Gasteiger partial charge in [0, 0.05) is 20.5 Å². The highest BCUT2D eigenvalue weighted by Gasteiger charge is 2.11. The van der Waals surface area contributed by atoms with Crippen LogP contribution in [0.25, 0.3) is 0 Å². The standard InChI is InChI=1S/C13H16N2O4/c1-9(16)15(2)13(19)14-8-11-5-3-4-10(6-11)7-12(17)18/h3-6H,7-8H2,1-2H3,(H,14,19)(H,17,18). The lowest BCUT2D eigenvalue weighted by Gasteiger charge is -2.14. The van der Waals surface area contributed by atoms with Gasteiger partial charge in [0.05, 0.1) is 6.42 Å². The molecule has 1 aromatic carbocycles. The molecular weight excluding hydrogens is 248 g/mol. The molecule has 0 aliphatic heterocycles. The molecule has 6 heteroatoms. The highest BCUT2D eigenvalue weighted by Crippen LogP contribution is 2.06. The molecule has 0 saturated heterocycles. The third-order valence-electron chi connectivity index (χ3n) is 2.57. The second-order valence-electron chi connectivity index (χ2n) is 4.13. The Morgan fingerprint density at radius 2 is 1.89 bits per heavy atom. The van der Waals surface area contributed by atoms with Crippen molar-refractivity contribution in [3.8, 4) is 0 Å². The Balaban J connectivity index is 2.60. The number of aliphatic carboxylic acids is 1. The summed E-state index contributed by atoms with van der Waals surface area (Å²) < 4.78 is 0. The molecule has 0 bridgehead atoms. The average Bonchev–Trinajstić information content (AvgIpc) is 2.34. The summed E-state index contributed by atoms with van der Waals surface area (Å²) in [7, 11) is 1.39. The summed E-state index contributed by atoms with van der Waals surface area (Å²) in [4.78, 5) is 34.1. The van der Waals surface area contributed by atoms with Gasteiger partial charge in [-0.25, -0.2) is 4.79 Å². The second-order valence-corrected chi connectivity index (χ2v) is 4.13. The molecule has 0 aliphatic rings. The molecule has 1 aromatic rings. The average molecular weight is 264 g/mol. The summed E-state index contributed by atoms with van der Waals surface area (Å²) in [5, 5.41) is 11.3. The van der Waals surface area contributed by atoms with E-state index in [1.54, 1.807) is 24.3 Å². The minimum atomic E-state index is -0.905. The van der Waals surface area contributed by atoms with Crippen molar-refractivity contribution in [2.75, 3.05) is 7.05 Å². The Bertz CT molecular complexity index is 499. The van der Waals surface area contributed by atoms with Gasteiger partial charge >= 0.3 is 12.0 Å². The number of rotatable bonds is 4. The number of nitrogens with zero attached hydrogens (tertiary/aromatic N) is 1. The fourth-order valence-electron chi connectivity index (χ4n) is 1.46. The molecule has 2 N–H and O–H groups in total. The minimum absolute atomic E-state index is 0.0604. The molecule has 0 spiro atoms. The van der Waals surface area contributed by atoms with Crippen LogP contribution in [0.3, 0.4) is 0 Å². The first-order valence-corrected chi connectivity index (χ1v) is 5.72. The molecule has 3 amide bonds. The molecule has 0 unspecified atom stereocenters.